The lowest BCUT2D eigenvalue weighted by Gasteiger charge is -2.03. The Morgan fingerprint density at radius 2 is 2.09 bits per heavy atom. The summed E-state index contributed by atoms with van der Waals surface area (Å²) < 4.78 is 4.92. The molecule has 0 radical (unpaired) electrons. The van der Waals surface area contributed by atoms with Gasteiger partial charge in [-0.3, -0.25) is 0 Å². The second-order valence-corrected chi connectivity index (χ2v) is 2.15. The van der Waals surface area contributed by atoms with Crippen LogP contribution in [0.1, 0.15) is 6.92 Å². The topological polar surface area (TPSA) is 61.3 Å². The predicted octanol–water partition coefficient (Wildman–Crippen LogP) is 0.852. The van der Waals surface area contributed by atoms with Crippen LogP contribution in [0.15, 0.2) is 35.9 Å². The average Bonchev–Trinajstić information content (AvgIpc) is 1.99. The Labute approximate surface area is 67.0 Å². The van der Waals surface area contributed by atoms with Crippen molar-refractivity contribution in [3.63, 3.8) is 0 Å². The van der Waals surface area contributed by atoms with Crippen LogP contribution in [0.3, 0.4) is 0 Å². The highest BCUT2D eigenvalue weighted by Gasteiger charge is 1.95. The van der Waals surface area contributed by atoms with E-state index in [1.807, 2.05) is 6.92 Å². The third kappa shape index (κ3) is 3.35. The minimum atomic E-state index is 0.397. The lowest BCUT2D eigenvalue weighted by molar-refractivity contribution is 0.300. The summed E-state index contributed by atoms with van der Waals surface area (Å²) in [5.41, 5.74) is 11.9. The molecule has 0 amide bonds. The van der Waals surface area contributed by atoms with Crippen LogP contribution in [0.25, 0.3) is 0 Å². The van der Waals surface area contributed by atoms with Gasteiger partial charge in [0.05, 0.1) is 12.8 Å². The zero-order valence-electron chi connectivity index (χ0n) is 6.92. The molecule has 62 valence electrons. The van der Waals surface area contributed by atoms with Crippen molar-refractivity contribution < 1.29 is 4.74 Å². The monoisotopic (exact) mass is 154 g/mol. The molecular weight excluding hydrogens is 140 g/mol. The first-order valence-corrected chi connectivity index (χ1v) is 3.20. The molecule has 4 N–H and O–H groups in total. The van der Waals surface area contributed by atoms with E-state index >= 15 is 0 Å². The number of methoxy groups -OCH3 is 1. The molecule has 0 aliphatic heterocycles. The van der Waals surface area contributed by atoms with Gasteiger partial charge >= 0.3 is 0 Å². The molecule has 0 aromatic rings. The van der Waals surface area contributed by atoms with Crippen molar-refractivity contribution in [2.45, 2.75) is 6.92 Å². The average molecular weight is 154 g/mol. The summed E-state index contributed by atoms with van der Waals surface area (Å²) in [6.07, 6.45) is 3.20. The van der Waals surface area contributed by atoms with Gasteiger partial charge in [-0.15, -0.1) is 0 Å². The first-order chi connectivity index (χ1) is 5.11. The summed E-state index contributed by atoms with van der Waals surface area (Å²) in [6.45, 7) is 5.38. The normalized spacial score (nSPS) is 12.9. The molecular formula is C8H14N2O. The highest BCUT2D eigenvalue weighted by Crippen LogP contribution is 2.05. The Balaban J connectivity index is 4.49. The largest absolute Gasteiger partial charge is 0.495 e. The van der Waals surface area contributed by atoms with E-state index in [4.69, 9.17) is 16.2 Å². The van der Waals surface area contributed by atoms with Crippen LogP contribution in [0.4, 0.5) is 0 Å². The van der Waals surface area contributed by atoms with E-state index < -0.39 is 0 Å². The summed E-state index contributed by atoms with van der Waals surface area (Å²) in [5.74, 6) is 0.546. The summed E-state index contributed by atoms with van der Waals surface area (Å²) in [4.78, 5) is 0. The lowest BCUT2D eigenvalue weighted by Crippen LogP contribution is -2.01. The van der Waals surface area contributed by atoms with E-state index in [0.29, 0.717) is 11.5 Å². The number of hydrogen-bond acceptors (Lipinski definition) is 3. The van der Waals surface area contributed by atoms with Gasteiger partial charge in [-0.05, 0) is 24.8 Å². The Morgan fingerprint density at radius 3 is 2.36 bits per heavy atom. The molecule has 11 heavy (non-hydrogen) atoms. The molecule has 0 aromatic heterocycles. The first-order valence-electron chi connectivity index (χ1n) is 3.20. The molecule has 0 aliphatic carbocycles. The smallest absolute Gasteiger partial charge is 0.141 e. The molecule has 0 aromatic carbocycles. The standard InChI is InChI=1S/C8H14N2O/c1-6(5-9)4-8(11-3)7(2)10/h4-5H,2,9-10H2,1,3H3/b6-5-,8-4+. The Morgan fingerprint density at radius 1 is 1.55 bits per heavy atom. The molecule has 0 bridgehead atoms. The number of allylic oxidation sites excluding steroid dienone is 2. The number of rotatable bonds is 3. The maximum absolute atomic E-state index is 5.39. The van der Waals surface area contributed by atoms with Gasteiger partial charge in [0, 0.05) is 0 Å². The van der Waals surface area contributed by atoms with Gasteiger partial charge in [-0.1, -0.05) is 6.58 Å². The van der Waals surface area contributed by atoms with Gasteiger partial charge in [0.25, 0.3) is 0 Å². The number of hydrogen-bond donors (Lipinski definition) is 2. The SMILES string of the molecule is C=C(N)/C(=C\C(C)=C/N)OC. The summed E-state index contributed by atoms with van der Waals surface area (Å²) in [7, 11) is 1.54. The van der Waals surface area contributed by atoms with Crippen molar-refractivity contribution in [1.82, 2.24) is 0 Å². The Kier molecular flexibility index (Phi) is 3.88. The van der Waals surface area contributed by atoms with Crippen molar-refractivity contribution in [2.24, 2.45) is 11.5 Å². The number of nitrogens with two attached hydrogens (primary N) is 2. The second kappa shape index (κ2) is 4.44. The third-order valence-corrected chi connectivity index (χ3v) is 1.16. The van der Waals surface area contributed by atoms with Crippen LogP contribution in [-0.2, 0) is 4.74 Å². The fourth-order valence-corrected chi connectivity index (χ4v) is 0.538. The summed E-state index contributed by atoms with van der Waals surface area (Å²) in [6, 6.07) is 0. The molecule has 0 fully saturated rings. The number of ether oxygens (including phenoxy) is 1. The first kappa shape index (κ1) is 9.62. The van der Waals surface area contributed by atoms with Crippen LogP contribution in [-0.4, -0.2) is 7.11 Å². The van der Waals surface area contributed by atoms with Crippen LogP contribution in [0.5, 0.6) is 0 Å². The van der Waals surface area contributed by atoms with Crippen molar-refractivity contribution in [3.05, 3.63) is 35.9 Å². The quantitative estimate of drug-likeness (QED) is 0.468. The molecule has 0 saturated heterocycles. The van der Waals surface area contributed by atoms with E-state index in [9.17, 15) is 0 Å². The van der Waals surface area contributed by atoms with Crippen LogP contribution >= 0.6 is 0 Å². The van der Waals surface area contributed by atoms with Gasteiger partial charge in [0.15, 0.2) is 0 Å². The maximum atomic E-state index is 5.39. The fourth-order valence-electron chi connectivity index (χ4n) is 0.538. The lowest BCUT2D eigenvalue weighted by atomic mass is 10.2. The van der Waals surface area contributed by atoms with Gasteiger partial charge < -0.3 is 16.2 Å². The summed E-state index contributed by atoms with van der Waals surface area (Å²) >= 11 is 0. The van der Waals surface area contributed by atoms with Crippen molar-refractivity contribution >= 4 is 0 Å². The summed E-state index contributed by atoms with van der Waals surface area (Å²) in [5, 5.41) is 0. The van der Waals surface area contributed by atoms with E-state index in [1.54, 1.807) is 6.08 Å². The minimum Gasteiger partial charge on any atom is -0.495 e. The van der Waals surface area contributed by atoms with Gasteiger partial charge in [-0.2, -0.15) is 0 Å². The van der Waals surface area contributed by atoms with Crippen molar-refractivity contribution in [3.8, 4) is 0 Å². The highest BCUT2D eigenvalue weighted by molar-refractivity contribution is 5.28. The third-order valence-electron chi connectivity index (χ3n) is 1.16. The molecule has 0 aliphatic rings. The molecule has 3 heteroatoms. The Bertz CT molecular complexity index is 204. The van der Waals surface area contributed by atoms with E-state index in [0.717, 1.165) is 5.57 Å². The minimum absolute atomic E-state index is 0.397. The molecule has 0 saturated carbocycles. The van der Waals surface area contributed by atoms with Crippen molar-refractivity contribution in [2.75, 3.05) is 7.11 Å². The van der Waals surface area contributed by atoms with Crippen LogP contribution in [0, 0.1) is 0 Å². The van der Waals surface area contributed by atoms with Crippen LogP contribution in [0.2, 0.25) is 0 Å². The second-order valence-electron chi connectivity index (χ2n) is 2.15. The van der Waals surface area contributed by atoms with E-state index in [2.05, 4.69) is 6.58 Å². The van der Waals surface area contributed by atoms with Gasteiger partial charge in [-0.25, -0.2) is 0 Å². The predicted molar refractivity (Wildman–Crippen MR) is 46.4 cm³/mol. The zero-order chi connectivity index (χ0) is 8.85. The molecule has 0 heterocycles. The van der Waals surface area contributed by atoms with E-state index in [1.165, 1.54) is 13.3 Å². The molecule has 0 spiro atoms. The zero-order valence-corrected chi connectivity index (χ0v) is 6.92. The Hall–Kier alpha value is -1.38. The molecule has 0 unspecified atom stereocenters. The van der Waals surface area contributed by atoms with Crippen LogP contribution < -0.4 is 11.5 Å². The van der Waals surface area contributed by atoms with Gasteiger partial charge in [0.2, 0.25) is 0 Å². The fraction of sp³-hybridized carbons (Fsp3) is 0.250. The highest BCUT2D eigenvalue weighted by atomic mass is 16.5. The van der Waals surface area contributed by atoms with Crippen molar-refractivity contribution in [1.29, 1.82) is 0 Å². The maximum Gasteiger partial charge on any atom is 0.141 e. The van der Waals surface area contributed by atoms with Gasteiger partial charge in [0.1, 0.15) is 5.76 Å². The molecule has 0 atom stereocenters. The van der Waals surface area contributed by atoms with E-state index in [-0.39, 0.29) is 0 Å². The molecule has 3 nitrogen and oxygen atoms in total. The molecule has 0 rings (SSSR count).